The highest BCUT2D eigenvalue weighted by Crippen LogP contribution is 2.24. The smallest absolute Gasteiger partial charge is 0.271 e. The molecule has 9 heteroatoms. The zero-order valence-corrected chi connectivity index (χ0v) is 13.8. The van der Waals surface area contributed by atoms with Crippen molar-refractivity contribution in [2.24, 2.45) is 0 Å². The molecule has 1 amide bonds. The molecule has 0 fully saturated rings. The molecule has 0 aliphatic carbocycles. The van der Waals surface area contributed by atoms with Gasteiger partial charge in [0, 0.05) is 25.0 Å². The second-order valence-corrected chi connectivity index (χ2v) is 5.57. The molecule has 27 heavy (non-hydrogen) atoms. The maximum atomic E-state index is 13.7. The monoisotopic (exact) mass is 373 g/mol. The van der Waals surface area contributed by atoms with E-state index in [-0.39, 0.29) is 41.4 Å². The summed E-state index contributed by atoms with van der Waals surface area (Å²) in [6, 6.07) is 8.88. The first kappa shape index (κ1) is 18.2. The van der Waals surface area contributed by atoms with Crippen LogP contribution in [0.3, 0.4) is 0 Å². The number of nitrogens with zero attached hydrogens (tertiary/aromatic N) is 2. The molecule has 1 N–H and O–H groups in total. The molecule has 1 aromatic heterocycles. The van der Waals surface area contributed by atoms with Crippen molar-refractivity contribution in [1.29, 1.82) is 0 Å². The molecule has 0 bridgehead atoms. The number of benzene rings is 2. The standard InChI is InChI=1S/C18H13F2N3O4/c19-13-4-2-1-3-12(13)16-10-21-18(27-16)8-7-17(24)22-15-9-11(23(25)26)5-6-14(15)20/h1-6,9-10H,7-8H2,(H,22,24). The Morgan fingerprint density at radius 1 is 1.19 bits per heavy atom. The molecular formula is C18H13F2N3O4. The lowest BCUT2D eigenvalue weighted by atomic mass is 10.2. The van der Waals surface area contributed by atoms with E-state index in [9.17, 15) is 23.7 Å². The third-order valence-electron chi connectivity index (χ3n) is 3.69. The van der Waals surface area contributed by atoms with Gasteiger partial charge in [0.25, 0.3) is 5.69 Å². The summed E-state index contributed by atoms with van der Waals surface area (Å²) < 4.78 is 32.8. The van der Waals surface area contributed by atoms with Crippen LogP contribution >= 0.6 is 0 Å². The van der Waals surface area contributed by atoms with Crippen molar-refractivity contribution < 1.29 is 22.9 Å². The second-order valence-electron chi connectivity index (χ2n) is 5.57. The number of rotatable bonds is 6. The topological polar surface area (TPSA) is 98.3 Å². The highest BCUT2D eigenvalue weighted by Gasteiger charge is 2.15. The molecule has 0 aliphatic heterocycles. The van der Waals surface area contributed by atoms with Crippen LogP contribution in [-0.2, 0) is 11.2 Å². The molecule has 0 unspecified atom stereocenters. The third-order valence-corrected chi connectivity index (χ3v) is 3.69. The number of carbonyl (C=O) groups is 1. The highest BCUT2D eigenvalue weighted by atomic mass is 19.1. The third kappa shape index (κ3) is 4.32. The number of aromatic nitrogens is 1. The Morgan fingerprint density at radius 2 is 1.96 bits per heavy atom. The van der Waals surface area contributed by atoms with Crippen molar-refractivity contribution >= 4 is 17.3 Å². The number of aryl methyl sites for hydroxylation is 1. The Balaban J connectivity index is 1.63. The van der Waals surface area contributed by atoms with Crippen LogP contribution in [-0.4, -0.2) is 15.8 Å². The normalized spacial score (nSPS) is 10.6. The molecule has 3 rings (SSSR count). The lowest BCUT2D eigenvalue weighted by Crippen LogP contribution is -2.13. The maximum absolute atomic E-state index is 13.7. The van der Waals surface area contributed by atoms with E-state index in [0.29, 0.717) is 0 Å². The molecule has 1 heterocycles. The van der Waals surface area contributed by atoms with E-state index < -0.39 is 22.5 Å². The first-order valence-corrected chi connectivity index (χ1v) is 7.87. The van der Waals surface area contributed by atoms with Crippen LogP contribution in [0.4, 0.5) is 20.2 Å². The Labute approximate surface area is 151 Å². The van der Waals surface area contributed by atoms with Gasteiger partial charge in [-0.2, -0.15) is 0 Å². The van der Waals surface area contributed by atoms with Gasteiger partial charge in [-0.05, 0) is 18.2 Å². The predicted molar refractivity (Wildman–Crippen MR) is 91.9 cm³/mol. The van der Waals surface area contributed by atoms with Gasteiger partial charge in [-0.3, -0.25) is 14.9 Å². The molecule has 0 radical (unpaired) electrons. The lowest BCUT2D eigenvalue weighted by Gasteiger charge is -2.05. The zero-order valence-electron chi connectivity index (χ0n) is 13.8. The number of nitro groups is 1. The van der Waals surface area contributed by atoms with Gasteiger partial charge in [0.05, 0.1) is 22.4 Å². The Kier molecular flexibility index (Phi) is 5.20. The van der Waals surface area contributed by atoms with Gasteiger partial charge < -0.3 is 9.73 Å². The minimum atomic E-state index is -0.785. The number of nitrogens with one attached hydrogen (secondary N) is 1. The number of non-ortho nitro benzene ring substituents is 1. The molecule has 0 saturated heterocycles. The summed E-state index contributed by atoms with van der Waals surface area (Å²) >= 11 is 0. The van der Waals surface area contributed by atoms with Gasteiger partial charge in [-0.25, -0.2) is 13.8 Å². The quantitative estimate of drug-likeness (QED) is 0.518. The van der Waals surface area contributed by atoms with Crippen molar-refractivity contribution in [3.05, 3.63) is 76.3 Å². The fourth-order valence-electron chi connectivity index (χ4n) is 2.37. The van der Waals surface area contributed by atoms with Crippen LogP contribution in [0.1, 0.15) is 12.3 Å². The first-order valence-electron chi connectivity index (χ1n) is 7.87. The zero-order chi connectivity index (χ0) is 19.4. The number of hydrogen-bond donors (Lipinski definition) is 1. The van der Waals surface area contributed by atoms with Gasteiger partial charge in [0.2, 0.25) is 5.91 Å². The van der Waals surface area contributed by atoms with E-state index in [1.165, 1.54) is 18.3 Å². The van der Waals surface area contributed by atoms with Gasteiger partial charge in [-0.15, -0.1) is 0 Å². The Hall–Kier alpha value is -3.62. The van der Waals surface area contributed by atoms with Crippen LogP contribution in [0.5, 0.6) is 0 Å². The average Bonchev–Trinajstić information content (AvgIpc) is 3.11. The summed E-state index contributed by atoms with van der Waals surface area (Å²) in [7, 11) is 0. The van der Waals surface area contributed by atoms with Crippen LogP contribution in [0.15, 0.2) is 53.1 Å². The number of amides is 1. The van der Waals surface area contributed by atoms with Gasteiger partial charge in [-0.1, -0.05) is 12.1 Å². The number of hydrogen-bond acceptors (Lipinski definition) is 5. The summed E-state index contributed by atoms with van der Waals surface area (Å²) in [6.07, 6.45) is 1.35. The van der Waals surface area contributed by atoms with Crippen LogP contribution in [0.25, 0.3) is 11.3 Å². The molecule has 0 spiro atoms. The molecular weight excluding hydrogens is 360 g/mol. The van der Waals surface area contributed by atoms with Crippen molar-refractivity contribution in [3.8, 4) is 11.3 Å². The second kappa shape index (κ2) is 7.73. The molecule has 3 aromatic rings. The van der Waals surface area contributed by atoms with Crippen molar-refractivity contribution in [3.63, 3.8) is 0 Å². The maximum Gasteiger partial charge on any atom is 0.271 e. The highest BCUT2D eigenvalue weighted by molar-refractivity contribution is 5.91. The van der Waals surface area contributed by atoms with Gasteiger partial charge >= 0.3 is 0 Å². The molecule has 0 atom stereocenters. The molecule has 2 aromatic carbocycles. The fourth-order valence-corrected chi connectivity index (χ4v) is 2.37. The lowest BCUT2D eigenvalue weighted by molar-refractivity contribution is -0.384. The van der Waals surface area contributed by atoms with Crippen LogP contribution in [0, 0.1) is 21.7 Å². The number of carbonyl (C=O) groups excluding carboxylic acids is 1. The van der Waals surface area contributed by atoms with E-state index in [4.69, 9.17) is 4.42 Å². The number of halogens is 2. The van der Waals surface area contributed by atoms with E-state index >= 15 is 0 Å². The molecule has 7 nitrogen and oxygen atoms in total. The SMILES string of the molecule is O=C(CCc1ncc(-c2ccccc2F)o1)Nc1cc([N+](=O)[O-])ccc1F. The first-order chi connectivity index (χ1) is 12.9. The van der Waals surface area contributed by atoms with E-state index in [0.717, 1.165) is 18.2 Å². The van der Waals surface area contributed by atoms with E-state index in [1.54, 1.807) is 12.1 Å². The summed E-state index contributed by atoms with van der Waals surface area (Å²) in [6.45, 7) is 0. The number of oxazole rings is 1. The molecule has 0 aliphatic rings. The largest absolute Gasteiger partial charge is 0.441 e. The Morgan fingerprint density at radius 3 is 2.70 bits per heavy atom. The van der Waals surface area contributed by atoms with Gasteiger partial charge in [0.15, 0.2) is 11.7 Å². The minimum Gasteiger partial charge on any atom is -0.441 e. The summed E-state index contributed by atoms with van der Waals surface area (Å²) in [4.78, 5) is 26.0. The minimum absolute atomic E-state index is 0.0941. The van der Waals surface area contributed by atoms with E-state index in [1.807, 2.05) is 0 Å². The predicted octanol–water partition coefficient (Wildman–Crippen LogP) is 4.10. The van der Waals surface area contributed by atoms with Crippen molar-refractivity contribution in [2.45, 2.75) is 12.8 Å². The van der Waals surface area contributed by atoms with Crippen molar-refractivity contribution in [1.82, 2.24) is 4.98 Å². The Bertz CT molecular complexity index is 1000. The van der Waals surface area contributed by atoms with Crippen molar-refractivity contribution in [2.75, 3.05) is 5.32 Å². The molecule has 0 saturated carbocycles. The number of nitro benzene ring substituents is 1. The summed E-state index contributed by atoms with van der Waals surface area (Å²) in [5, 5.41) is 13.0. The van der Waals surface area contributed by atoms with Crippen LogP contribution < -0.4 is 5.32 Å². The average molecular weight is 373 g/mol. The van der Waals surface area contributed by atoms with E-state index in [2.05, 4.69) is 10.3 Å². The molecule has 138 valence electrons. The van der Waals surface area contributed by atoms with Gasteiger partial charge in [0.1, 0.15) is 11.6 Å². The van der Waals surface area contributed by atoms with Crippen LogP contribution in [0.2, 0.25) is 0 Å². The number of anilines is 1. The fraction of sp³-hybridized carbons (Fsp3) is 0.111. The summed E-state index contributed by atoms with van der Waals surface area (Å²) in [5.41, 5.74) is -0.373. The summed E-state index contributed by atoms with van der Waals surface area (Å²) in [5.74, 6) is -1.37.